The van der Waals surface area contributed by atoms with E-state index in [1.165, 1.54) is 22.7 Å². The van der Waals surface area contributed by atoms with Crippen LogP contribution >= 0.6 is 11.5 Å². The van der Waals surface area contributed by atoms with Gasteiger partial charge >= 0.3 is 0 Å². The third-order valence-corrected chi connectivity index (χ3v) is 3.95. The number of hydrogen-bond donors (Lipinski definition) is 1. The van der Waals surface area contributed by atoms with Crippen molar-refractivity contribution in [1.29, 1.82) is 0 Å². The molecule has 0 aliphatic heterocycles. The summed E-state index contributed by atoms with van der Waals surface area (Å²) in [5, 5.41) is 4.20. The Bertz CT molecular complexity index is 726. The van der Waals surface area contributed by atoms with Gasteiger partial charge in [-0.05, 0) is 49.0 Å². The van der Waals surface area contributed by atoms with Crippen molar-refractivity contribution in [2.45, 2.75) is 33.6 Å². The maximum Gasteiger partial charge on any atom is 0.152 e. The van der Waals surface area contributed by atoms with E-state index in [-0.39, 0.29) is 0 Å². The van der Waals surface area contributed by atoms with Gasteiger partial charge in [0.2, 0.25) is 0 Å². The highest BCUT2D eigenvalue weighted by Crippen LogP contribution is 2.28. The number of imidazole rings is 1. The highest BCUT2D eigenvalue weighted by molar-refractivity contribution is 7.09. The Morgan fingerprint density at radius 2 is 2.11 bits per heavy atom. The average Bonchev–Trinajstić information content (AvgIpc) is 2.95. The highest BCUT2D eigenvalue weighted by Gasteiger charge is 2.14. The summed E-state index contributed by atoms with van der Waals surface area (Å²) in [5.41, 5.74) is 5.61. The molecule has 2 aromatic heterocycles. The fourth-order valence-corrected chi connectivity index (χ4v) is 3.02. The van der Waals surface area contributed by atoms with Crippen LogP contribution in [0.3, 0.4) is 0 Å². The largest absolute Gasteiger partial charge is 0.337 e. The zero-order chi connectivity index (χ0) is 13.4. The van der Waals surface area contributed by atoms with Gasteiger partial charge < -0.3 is 4.98 Å². The van der Waals surface area contributed by atoms with Crippen LogP contribution in [0, 0.1) is 13.8 Å². The van der Waals surface area contributed by atoms with Crippen molar-refractivity contribution in [2.75, 3.05) is 0 Å². The van der Waals surface area contributed by atoms with E-state index in [4.69, 9.17) is 4.98 Å². The van der Waals surface area contributed by atoms with Crippen LogP contribution in [0.25, 0.3) is 21.7 Å². The molecule has 0 fully saturated rings. The van der Waals surface area contributed by atoms with Gasteiger partial charge in [-0.15, -0.1) is 5.10 Å². The molecule has 0 saturated carbocycles. The van der Waals surface area contributed by atoms with Gasteiger partial charge in [0.25, 0.3) is 0 Å². The molecular weight excluding hydrogens is 256 g/mol. The Morgan fingerprint density at radius 3 is 2.89 bits per heavy atom. The van der Waals surface area contributed by atoms with Crippen molar-refractivity contribution in [3.63, 3.8) is 0 Å². The molecule has 3 aromatic rings. The van der Waals surface area contributed by atoms with Gasteiger partial charge in [-0.1, -0.05) is 23.9 Å². The Kier molecular flexibility index (Phi) is 3.06. The summed E-state index contributed by atoms with van der Waals surface area (Å²) in [6.07, 6.45) is 2.01. The van der Waals surface area contributed by atoms with E-state index < -0.39 is 0 Å². The van der Waals surface area contributed by atoms with Crippen LogP contribution in [0.4, 0.5) is 0 Å². The van der Waals surface area contributed by atoms with E-state index in [9.17, 15) is 0 Å². The van der Waals surface area contributed by atoms with E-state index >= 15 is 0 Å². The van der Waals surface area contributed by atoms with Crippen molar-refractivity contribution < 1.29 is 0 Å². The molecular formula is C14H16N4S. The maximum absolute atomic E-state index is 4.71. The number of fused-ring (bicyclic) bond motifs is 1. The van der Waals surface area contributed by atoms with Crippen LogP contribution in [0.2, 0.25) is 0 Å². The lowest BCUT2D eigenvalue weighted by atomic mass is 10.1. The molecule has 2 heterocycles. The first-order valence-electron chi connectivity index (χ1n) is 6.47. The second kappa shape index (κ2) is 4.74. The smallest absolute Gasteiger partial charge is 0.152 e. The molecule has 0 spiro atoms. The van der Waals surface area contributed by atoms with Gasteiger partial charge in [-0.2, -0.15) is 0 Å². The van der Waals surface area contributed by atoms with E-state index in [0.29, 0.717) is 0 Å². The Labute approximate surface area is 116 Å². The Morgan fingerprint density at radius 1 is 1.26 bits per heavy atom. The molecule has 0 atom stereocenters. The summed E-state index contributed by atoms with van der Waals surface area (Å²) in [5.74, 6) is 0.891. The van der Waals surface area contributed by atoms with E-state index in [1.807, 2.05) is 0 Å². The van der Waals surface area contributed by atoms with Crippen LogP contribution in [-0.4, -0.2) is 19.6 Å². The molecule has 0 aliphatic rings. The van der Waals surface area contributed by atoms with Crippen molar-refractivity contribution in [3.8, 4) is 10.7 Å². The first-order valence-corrected chi connectivity index (χ1v) is 7.25. The van der Waals surface area contributed by atoms with Crippen molar-refractivity contribution >= 4 is 22.6 Å². The second-order valence-electron chi connectivity index (χ2n) is 4.86. The maximum atomic E-state index is 4.71. The monoisotopic (exact) mass is 272 g/mol. The van der Waals surface area contributed by atoms with Crippen LogP contribution in [0.15, 0.2) is 12.1 Å². The quantitative estimate of drug-likeness (QED) is 0.791. The molecule has 98 valence electrons. The predicted molar refractivity (Wildman–Crippen MR) is 78.5 cm³/mol. The fourth-order valence-electron chi connectivity index (χ4n) is 2.37. The SMILES string of the molecule is CCCc1nnsc1-c1nc2c(C)cc(C)cc2[nH]1. The minimum absolute atomic E-state index is 0.891. The molecule has 5 heteroatoms. The minimum atomic E-state index is 0.891. The Hall–Kier alpha value is -1.75. The van der Waals surface area contributed by atoms with Gasteiger partial charge in [0.15, 0.2) is 5.82 Å². The topological polar surface area (TPSA) is 54.5 Å². The number of H-pyrrole nitrogens is 1. The standard InChI is InChI=1S/C14H16N4S/c1-4-5-10-13(19-18-17-10)14-15-11-7-8(2)6-9(3)12(11)16-14/h6-7H,4-5H2,1-3H3,(H,15,16). The van der Waals surface area contributed by atoms with Gasteiger partial charge in [0.1, 0.15) is 4.88 Å². The van der Waals surface area contributed by atoms with Crippen LogP contribution < -0.4 is 0 Å². The molecule has 1 aromatic carbocycles. The number of rotatable bonds is 3. The van der Waals surface area contributed by atoms with Crippen molar-refractivity contribution in [2.24, 2.45) is 0 Å². The van der Waals surface area contributed by atoms with Crippen molar-refractivity contribution in [3.05, 3.63) is 29.0 Å². The summed E-state index contributed by atoms with van der Waals surface area (Å²) < 4.78 is 4.06. The number of aromatic nitrogens is 4. The zero-order valence-corrected chi connectivity index (χ0v) is 12.1. The molecule has 3 rings (SSSR count). The Balaban J connectivity index is 2.15. The van der Waals surface area contributed by atoms with Crippen LogP contribution in [0.5, 0.6) is 0 Å². The van der Waals surface area contributed by atoms with Gasteiger partial charge in [0.05, 0.1) is 16.7 Å². The molecule has 1 N–H and O–H groups in total. The van der Waals surface area contributed by atoms with Gasteiger partial charge in [-0.25, -0.2) is 4.98 Å². The minimum Gasteiger partial charge on any atom is -0.337 e. The molecule has 19 heavy (non-hydrogen) atoms. The summed E-state index contributed by atoms with van der Waals surface area (Å²) in [4.78, 5) is 9.18. The van der Waals surface area contributed by atoms with E-state index in [0.717, 1.165) is 40.3 Å². The third-order valence-electron chi connectivity index (χ3n) is 3.18. The van der Waals surface area contributed by atoms with E-state index in [2.05, 4.69) is 47.5 Å². The van der Waals surface area contributed by atoms with Gasteiger partial charge in [-0.3, -0.25) is 0 Å². The summed E-state index contributed by atoms with van der Waals surface area (Å²) in [6, 6.07) is 4.29. The van der Waals surface area contributed by atoms with Crippen molar-refractivity contribution in [1.82, 2.24) is 19.6 Å². The second-order valence-corrected chi connectivity index (χ2v) is 5.62. The summed E-state index contributed by atoms with van der Waals surface area (Å²) in [6.45, 7) is 6.34. The van der Waals surface area contributed by atoms with E-state index in [1.54, 1.807) is 0 Å². The number of aromatic amines is 1. The molecule has 0 radical (unpaired) electrons. The predicted octanol–water partition coefficient (Wildman–Crippen LogP) is 3.65. The zero-order valence-electron chi connectivity index (χ0n) is 11.3. The first kappa shape index (κ1) is 12.3. The summed E-state index contributed by atoms with van der Waals surface area (Å²) >= 11 is 1.41. The molecule has 0 bridgehead atoms. The van der Waals surface area contributed by atoms with Gasteiger partial charge in [0, 0.05) is 0 Å². The number of aryl methyl sites for hydroxylation is 3. The first-order chi connectivity index (χ1) is 9.19. The molecule has 0 amide bonds. The van der Waals surface area contributed by atoms with Crippen LogP contribution in [0.1, 0.15) is 30.2 Å². The molecule has 0 saturated heterocycles. The number of nitrogens with one attached hydrogen (secondary N) is 1. The number of nitrogens with zero attached hydrogens (tertiary/aromatic N) is 3. The highest BCUT2D eigenvalue weighted by atomic mass is 32.1. The fraction of sp³-hybridized carbons (Fsp3) is 0.357. The average molecular weight is 272 g/mol. The normalized spacial score (nSPS) is 11.3. The number of hydrogen-bond acceptors (Lipinski definition) is 4. The third kappa shape index (κ3) is 2.14. The van der Waals surface area contributed by atoms with Crippen LogP contribution in [-0.2, 0) is 6.42 Å². The lowest BCUT2D eigenvalue weighted by Crippen LogP contribution is -1.88. The molecule has 4 nitrogen and oxygen atoms in total. The summed E-state index contributed by atoms with van der Waals surface area (Å²) in [7, 11) is 0. The molecule has 0 unspecified atom stereocenters. The molecule has 0 aliphatic carbocycles. The lowest BCUT2D eigenvalue weighted by Gasteiger charge is -1.96. The number of benzene rings is 1. The lowest BCUT2D eigenvalue weighted by molar-refractivity contribution is 0.870.